The quantitative estimate of drug-likeness (QED) is 0.474. The molecule has 0 aliphatic carbocycles. The lowest BCUT2D eigenvalue weighted by Gasteiger charge is -2.32. The lowest BCUT2D eigenvalue weighted by atomic mass is 9.95. The van der Waals surface area contributed by atoms with Crippen LogP contribution >= 0.6 is 0 Å². The van der Waals surface area contributed by atoms with Gasteiger partial charge in [0.2, 0.25) is 0 Å². The minimum absolute atomic E-state index is 1.04. The summed E-state index contributed by atoms with van der Waals surface area (Å²) >= 11 is 0. The Hall–Kier alpha value is -3.46. The van der Waals surface area contributed by atoms with E-state index in [4.69, 9.17) is 0 Å². The average Bonchev–Trinajstić information content (AvgIpc) is 2.83. The standard InChI is InChI=1S/C29H31N3/c1-22-12-14-25(15-13-22)32(20-23-16-18-30(2)28-10-6-4-8-26(23)28)21-24-17-19-31(3)29-11-7-5-9-27(24)29/h4-15,20-21H,16-19H2,1-3H3/b23-20+,24-21+. The second-order valence-corrected chi connectivity index (χ2v) is 8.93. The van der Waals surface area contributed by atoms with E-state index in [9.17, 15) is 0 Å². The second-order valence-electron chi connectivity index (χ2n) is 8.93. The first kappa shape index (κ1) is 20.4. The molecule has 0 aromatic heterocycles. The summed E-state index contributed by atoms with van der Waals surface area (Å²) in [6.45, 7) is 4.22. The Morgan fingerprint density at radius 1 is 0.656 bits per heavy atom. The highest BCUT2D eigenvalue weighted by molar-refractivity contribution is 5.84. The summed E-state index contributed by atoms with van der Waals surface area (Å²) in [6.07, 6.45) is 6.78. The van der Waals surface area contributed by atoms with E-state index >= 15 is 0 Å². The normalized spacial score (nSPS) is 18.0. The number of hydrogen-bond donors (Lipinski definition) is 0. The van der Waals surface area contributed by atoms with Crippen LogP contribution in [-0.2, 0) is 0 Å². The maximum Gasteiger partial charge on any atom is 0.0449 e. The summed E-state index contributed by atoms with van der Waals surface area (Å²) in [5.74, 6) is 0. The fraction of sp³-hybridized carbons (Fsp3) is 0.241. The molecule has 0 amide bonds. The number of hydrogen-bond acceptors (Lipinski definition) is 3. The molecule has 3 heteroatoms. The van der Waals surface area contributed by atoms with Crippen LogP contribution in [0.1, 0.15) is 29.5 Å². The van der Waals surface area contributed by atoms with Gasteiger partial charge in [0, 0.05) is 67.8 Å². The molecule has 2 aliphatic rings. The Balaban J connectivity index is 1.62. The first-order valence-electron chi connectivity index (χ1n) is 11.5. The molecular formula is C29H31N3. The van der Waals surface area contributed by atoms with Crippen molar-refractivity contribution in [3.05, 3.63) is 102 Å². The van der Waals surface area contributed by atoms with E-state index in [1.54, 1.807) is 0 Å². The summed E-state index contributed by atoms with van der Waals surface area (Å²) in [4.78, 5) is 7.05. The fourth-order valence-electron chi connectivity index (χ4n) is 4.75. The van der Waals surface area contributed by atoms with E-state index in [2.05, 4.69) is 121 Å². The Kier molecular flexibility index (Phi) is 5.48. The molecule has 3 aromatic rings. The third kappa shape index (κ3) is 3.91. The van der Waals surface area contributed by atoms with Crippen LogP contribution in [0.4, 0.5) is 17.1 Å². The maximum atomic E-state index is 2.36. The van der Waals surface area contributed by atoms with E-state index in [0.717, 1.165) is 25.9 Å². The molecule has 162 valence electrons. The van der Waals surface area contributed by atoms with Gasteiger partial charge in [-0.3, -0.25) is 0 Å². The van der Waals surface area contributed by atoms with E-state index in [0.29, 0.717) is 0 Å². The van der Waals surface area contributed by atoms with Gasteiger partial charge in [-0.15, -0.1) is 0 Å². The van der Waals surface area contributed by atoms with Gasteiger partial charge in [-0.05, 0) is 55.2 Å². The molecule has 0 unspecified atom stereocenters. The summed E-state index contributed by atoms with van der Waals surface area (Å²) in [5.41, 5.74) is 10.5. The number of aryl methyl sites for hydroxylation is 1. The van der Waals surface area contributed by atoms with Crippen LogP contribution in [-0.4, -0.2) is 27.2 Å². The first-order chi connectivity index (χ1) is 15.6. The SMILES string of the molecule is Cc1ccc(N(/C=C2\CCN(C)c3ccccc32)/C=C2\CCN(C)c3ccccc32)cc1. The van der Waals surface area contributed by atoms with E-state index in [1.807, 2.05) is 0 Å². The molecule has 3 aromatic carbocycles. The van der Waals surface area contributed by atoms with Crippen molar-refractivity contribution in [1.82, 2.24) is 0 Å². The summed E-state index contributed by atoms with van der Waals surface area (Å²) < 4.78 is 0. The van der Waals surface area contributed by atoms with E-state index < -0.39 is 0 Å². The molecule has 3 nitrogen and oxygen atoms in total. The number of fused-ring (bicyclic) bond motifs is 2. The first-order valence-corrected chi connectivity index (χ1v) is 11.5. The Labute approximate surface area is 191 Å². The van der Waals surface area contributed by atoms with Crippen LogP contribution < -0.4 is 14.7 Å². The second kappa shape index (κ2) is 8.58. The zero-order valence-corrected chi connectivity index (χ0v) is 19.3. The van der Waals surface area contributed by atoms with Crippen LogP contribution in [0.25, 0.3) is 11.1 Å². The van der Waals surface area contributed by atoms with Crippen molar-refractivity contribution < 1.29 is 0 Å². The lowest BCUT2D eigenvalue weighted by molar-refractivity contribution is 0.876. The topological polar surface area (TPSA) is 9.72 Å². The molecule has 0 saturated heterocycles. The maximum absolute atomic E-state index is 2.36. The molecule has 2 heterocycles. The van der Waals surface area contributed by atoms with Gasteiger partial charge in [-0.1, -0.05) is 54.1 Å². The van der Waals surface area contributed by atoms with Gasteiger partial charge < -0.3 is 14.7 Å². The molecular weight excluding hydrogens is 390 g/mol. The van der Waals surface area contributed by atoms with Gasteiger partial charge in [-0.25, -0.2) is 0 Å². The molecule has 32 heavy (non-hydrogen) atoms. The molecule has 0 bridgehead atoms. The van der Waals surface area contributed by atoms with Crippen molar-refractivity contribution >= 4 is 28.2 Å². The van der Waals surface area contributed by atoms with Gasteiger partial charge in [-0.2, -0.15) is 0 Å². The van der Waals surface area contributed by atoms with Gasteiger partial charge in [0.05, 0.1) is 0 Å². The summed E-state index contributed by atoms with van der Waals surface area (Å²) in [7, 11) is 4.37. The van der Waals surface area contributed by atoms with Crippen LogP contribution in [0, 0.1) is 6.92 Å². The van der Waals surface area contributed by atoms with Crippen molar-refractivity contribution in [1.29, 1.82) is 0 Å². The summed E-state index contributed by atoms with van der Waals surface area (Å²) in [6, 6.07) is 26.4. The fourth-order valence-corrected chi connectivity index (χ4v) is 4.75. The highest BCUT2D eigenvalue weighted by Crippen LogP contribution is 2.37. The number of benzene rings is 3. The van der Waals surface area contributed by atoms with Crippen LogP contribution in [0.3, 0.4) is 0 Å². The van der Waals surface area contributed by atoms with Gasteiger partial charge >= 0.3 is 0 Å². The molecule has 5 rings (SSSR count). The third-order valence-corrected chi connectivity index (χ3v) is 6.68. The monoisotopic (exact) mass is 421 g/mol. The third-order valence-electron chi connectivity index (χ3n) is 6.68. The van der Waals surface area contributed by atoms with Crippen LogP contribution in [0.15, 0.2) is 85.2 Å². The molecule has 0 N–H and O–H groups in total. The van der Waals surface area contributed by atoms with Gasteiger partial charge in [0.1, 0.15) is 0 Å². The lowest BCUT2D eigenvalue weighted by Crippen LogP contribution is -2.25. The van der Waals surface area contributed by atoms with Crippen LogP contribution in [0.2, 0.25) is 0 Å². The van der Waals surface area contributed by atoms with E-state index in [1.165, 1.54) is 44.9 Å². The number of nitrogens with zero attached hydrogens (tertiary/aromatic N) is 3. The van der Waals surface area contributed by atoms with Gasteiger partial charge in [0.25, 0.3) is 0 Å². The Bertz CT molecular complexity index is 1100. The smallest absolute Gasteiger partial charge is 0.0449 e. The Morgan fingerprint density at radius 2 is 1.12 bits per heavy atom. The minimum Gasteiger partial charge on any atom is -0.374 e. The molecule has 0 saturated carbocycles. The van der Waals surface area contributed by atoms with Crippen molar-refractivity contribution in [3.8, 4) is 0 Å². The summed E-state index contributed by atoms with van der Waals surface area (Å²) in [5, 5.41) is 0. The number of rotatable bonds is 3. The zero-order valence-electron chi connectivity index (χ0n) is 19.3. The van der Waals surface area contributed by atoms with Crippen molar-refractivity contribution in [2.24, 2.45) is 0 Å². The molecule has 0 atom stereocenters. The number of anilines is 3. The largest absolute Gasteiger partial charge is 0.374 e. The predicted octanol–water partition coefficient (Wildman–Crippen LogP) is 6.56. The molecule has 0 fully saturated rings. The van der Waals surface area contributed by atoms with Crippen molar-refractivity contribution in [2.45, 2.75) is 19.8 Å². The molecule has 0 spiro atoms. The highest BCUT2D eigenvalue weighted by Gasteiger charge is 2.20. The van der Waals surface area contributed by atoms with Crippen LogP contribution in [0.5, 0.6) is 0 Å². The average molecular weight is 422 g/mol. The van der Waals surface area contributed by atoms with Crippen molar-refractivity contribution in [2.75, 3.05) is 41.9 Å². The van der Waals surface area contributed by atoms with Gasteiger partial charge in [0.15, 0.2) is 0 Å². The highest BCUT2D eigenvalue weighted by atomic mass is 15.1. The predicted molar refractivity (Wildman–Crippen MR) is 138 cm³/mol. The van der Waals surface area contributed by atoms with Crippen molar-refractivity contribution in [3.63, 3.8) is 0 Å². The minimum atomic E-state index is 1.04. The molecule has 0 radical (unpaired) electrons. The van der Waals surface area contributed by atoms with E-state index in [-0.39, 0.29) is 0 Å². The molecule has 2 aliphatic heterocycles. The number of para-hydroxylation sites is 2. The zero-order chi connectivity index (χ0) is 22.1. The Morgan fingerprint density at radius 3 is 1.62 bits per heavy atom.